The van der Waals surface area contributed by atoms with Gasteiger partial charge in [-0.15, -0.1) is 0 Å². The quantitative estimate of drug-likeness (QED) is 0.894. The molecule has 2 aromatic rings. The van der Waals surface area contributed by atoms with Gasteiger partial charge in [0.1, 0.15) is 0 Å². The van der Waals surface area contributed by atoms with Gasteiger partial charge in [-0.1, -0.05) is 35.0 Å². The van der Waals surface area contributed by atoms with Crippen LogP contribution >= 0.6 is 15.9 Å². The number of nitrogens with zero attached hydrogens (tertiary/aromatic N) is 2. The predicted molar refractivity (Wildman–Crippen MR) is 77.8 cm³/mol. The van der Waals surface area contributed by atoms with Gasteiger partial charge in [0, 0.05) is 16.7 Å². The Labute approximate surface area is 129 Å². The Morgan fingerprint density at radius 1 is 1.24 bits per heavy atom. The van der Waals surface area contributed by atoms with Crippen molar-refractivity contribution in [1.82, 2.24) is 9.78 Å². The molecule has 21 heavy (non-hydrogen) atoms. The van der Waals surface area contributed by atoms with Crippen molar-refractivity contribution >= 4 is 15.9 Å². The van der Waals surface area contributed by atoms with Crippen molar-refractivity contribution in [2.75, 3.05) is 0 Å². The summed E-state index contributed by atoms with van der Waals surface area (Å²) in [7, 11) is 0. The molecule has 1 aromatic carbocycles. The third-order valence-electron chi connectivity index (χ3n) is 3.27. The van der Waals surface area contributed by atoms with E-state index in [1.54, 1.807) is 0 Å². The van der Waals surface area contributed by atoms with E-state index in [1.165, 1.54) is 10.9 Å². The molecular weight excluding hydrogens is 347 g/mol. The van der Waals surface area contributed by atoms with E-state index in [-0.39, 0.29) is 6.04 Å². The first kappa shape index (κ1) is 16.0. The lowest BCUT2D eigenvalue weighted by Gasteiger charge is -2.24. The van der Waals surface area contributed by atoms with Gasteiger partial charge in [-0.2, -0.15) is 18.3 Å². The number of benzene rings is 1. The van der Waals surface area contributed by atoms with Crippen LogP contribution in [0.15, 0.2) is 41.0 Å². The second-order valence-corrected chi connectivity index (χ2v) is 5.66. The molecular formula is C14H15BrF3N3. The number of nitrogens with two attached hydrogens (primary N) is 1. The molecule has 2 N–H and O–H groups in total. The highest BCUT2D eigenvalue weighted by Gasteiger charge is 2.34. The average Bonchev–Trinajstić information content (AvgIpc) is 2.90. The standard InChI is InChI=1S/C14H15BrF3N3/c1-2-11(19)13(9-3-5-10(15)6-4-9)21-8-7-12(20-21)14(16,17)18/h3-8,11,13H,2,19H2,1H3. The molecule has 2 atom stereocenters. The number of hydrogen-bond acceptors (Lipinski definition) is 2. The van der Waals surface area contributed by atoms with Crippen LogP contribution in [0.25, 0.3) is 0 Å². The zero-order valence-electron chi connectivity index (χ0n) is 11.3. The maximum atomic E-state index is 12.7. The fourth-order valence-electron chi connectivity index (χ4n) is 2.12. The molecule has 7 heteroatoms. The smallest absolute Gasteiger partial charge is 0.326 e. The first-order valence-electron chi connectivity index (χ1n) is 6.46. The van der Waals surface area contributed by atoms with Crippen LogP contribution < -0.4 is 5.73 Å². The van der Waals surface area contributed by atoms with Crippen molar-refractivity contribution in [2.24, 2.45) is 5.73 Å². The summed E-state index contributed by atoms with van der Waals surface area (Å²) in [5, 5.41) is 3.65. The molecule has 114 valence electrons. The van der Waals surface area contributed by atoms with Crippen LogP contribution in [-0.4, -0.2) is 15.8 Å². The van der Waals surface area contributed by atoms with Crippen molar-refractivity contribution in [3.05, 3.63) is 52.3 Å². The minimum Gasteiger partial charge on any atom is -0.326 e. The SMILES string of the molecule is CCC(N)C(c1ccc(Br)cc1)n1ccc(C(F)(F)F)n1. The Morgan fingerprint density at radius 2 is 1.86 bits per heavy atom. The monoisotopic (exact) mass is 361 g/mol. The number of alkyl halides is 3. The van der Waals surface area contributed by atoms with Crippen LogP contribution in [0, 0.1) is 0 Å². The minimum atomic E-state index is -4.45. The second kappa shape index (κ2) is 6.19. The minimum absolute atomic E-state index is 0.327. The Kier molecular flexibility index (Phi) is 4.73. The van der Waals surface area contributed by atoms with E-state index >= 15 is 0 Å². The molecule has 0 fully saturated rings. The molecule has 3 nitrogen and oxygen atoms in total. The fourth-order valence-corrected chi connectivity index (χ4v) is 2.39. The number of hydrogen-bond donors (Lipinski definition) is 1. The van der Waals surface area contributed by atoms with Crippen LogP contribution in [0.3, 0.4) is 0 Å². The molecule has 0 amide bonds. The maximum Gasteiger partial charge on any atom is 0.435 e. The van der Waals surface area contributed by atoms with Gasteiger partial charge in [-0.3, -0.25) is 4.68 Å². The summed E-state index contributed by atoms with van der Waals surface area (Å²) >= 11 is 3.33. The molecule has 0 saturated carbocycles. The van der Waals surface area contributed by atoms with Crippen LogP contribution in [0.1, 0.15) is 30.6 Å². The van der Waals surface area contributed by atoms with E-state index in [9.17, 15) is 13.2 Å². The third-order valence-corrected chi connectivity index (χ3v) is 3.80. The number of rotatable bonds is 4. The van der Waals surface area contributed by atoms with Gasteiger partial charge < -0.3 is 5.73 Å². The molecule has 0 saturated heterocycles. The summed E-state index contributed by atoms with van der Waals surface area (Å²) < 4.78 is 40.3. The van der Waals surface area contributed by atoms with Crippen LogP contribution in [-0.2, 0) is 6.18 Å². The van der Waals surface area contributed by atoms with E-state index in [4.69, 9.17) is 5.73 Å². The largest absolute Gasteiger partial charge is 0.435 e. The molecule has 0 bridgehead atoms. The summed E-state index contributed by atoms with van der Waals surface area (Å²) in [5.41, 5.74) is 6.00. The van der Waals surface area contributed by atoms with Gasteiger partial charge in [-0.05, 0) is 30.2 Å². The lowest BCUT2D eigenvalue weighted by Crippen LogP contribution is -2.33. The third kappa shape index (κ3) is 3.65. The summed E-state index contributed by atoms with van der Waals surface area (Å²) in [6.45, 7) is 1.89. The van der Waals surface area contributed by atoms with Crippen molar-refractivity contribution in [3.8, 4) is 0 Å². The molecule has 0 aliphatic rings. The summed E-state index contributed by atoms with van der Waals surface area (Å²) in [6.07, 6.45) is -2.50. The molecule has 2 rings (SSSR count). The van der Waals surface area contributed by atoms with Crippen molar-refractivity contribution in [3.63, 3.8) is 0 Å². The van der Waals surface area contributed by atoms with E-state index in [1.807, 2.05) is 31.2 Å². The van der Waals surface area contributed by atoms with Crippen LogP contribution in [0.4, 0.5) is 13.2 Å². The lowest BCUT2D eigenvalue weighted by atomic mass is 9.98. The maximum absolute atomic E-state index is 12.7. The van der Waals surface area contributed by atoms with E-state index in [2.05, 4.69) is 21.0 Å². The Morgan fingerprint density at radius 3 is 2.33 bits per heavy atom. The summed E-state index contributed by atoms with van der Waals surface area (Å²) in [4.78, 5) is 0. The lowest BCUT2D eigenvalue weighted by molar-refractivity contribution is -0.141. The van der Waals surface area contributed by atoms with E-state index in [0.29, 0.717) is 6.42 Å². The predicted octanol–water partition coefficient (Wildman–Crippen LogP) is 3.99. The van der Waals surface area contributed by atoms with Gasteiger partial charge in [-0.25, -0.2) is 0 Å². The second-order valence-electron chi connectivity index (χ2n) is 4.75. The molecule has 1 aromatic heterocycles. The molecule has 0 radical (unpaired) electrons. The Hall–Kier alpha value is -1.34. The van der Waals surface area contributed by atoms with Crippen LogP contribution in [0.2, 0.25) is 0 Å². The molecule has 0 spiro atoms. The molecule has 1 heterocycles. The topological polar surface area (TPSA) is 43.8 Å². The van der Waals surface area contributed by atoms with E-state index < -0.39 is 17.9 Å². The van der Waals surface area contributed by atoms with Gasteiger partial charge >= 0.3 is 6.18 Å². The van der Waals surface area contributed by atoms with Gasteiger partial charge in [0.15, 0.2) is 5.69 Å². The summed E-state index contributed by atoms with van der Waals surface area (Å²) in [6, 6.07) is 7.54. The van der Waals surface area contributed by atoms with Gasteiger partial charge in [0.05, 0.1) is 6.04 Å². The molecule has 2 unspecified atom stereocenters. The highest BCUT2D eigenvalue weighted by molar-refractivity contribution is 9.10. The Balaban J connectivity index is 2.41. The fraction of sp³-hybridized carbons (Fsp3) is 0.357. The van der Waals surface area contributed by atoms with Gasteiger partial charge in [0.25, 0.3) is 0 Å². The molecule has 0 aliphatic carbocycles. The highest BCUT2D eigenvalue weighted by Crippen LogP contribution is 2.30. The zero-order valence-corrected chi connectivity index (χ0v) is 12.9. The number of halogens is 4. The van der Waals surface area contributed by atoms with E-state index in [0.717, 1.165) is 16.1 Å². The molecule has 0 aliphatic heterocycles. The van der Waals surface area contributed by atoms with Crippen molar-refractivity contribution < 1.29 is 13.2 Å². The normalized spacial score (nSPS) is 15.0. The summed E-state index contributed by atoms with van der Waals surface area (Å²) in [5.74, 6) is 0. The highest BCUT2D eigenvalue weighted by atomic mass is 79.9. The van der Waals surface area contributed by atoms with Crippen molar-refractivity contribution in [2.45, 2.75) is 31.6 Å². The van der Waals surface area contributed by atoms with Crippen LogP contribution in [0.5, 0.6) is 0 Å². The Bertz CT molecular complexity index is 592. The van der Waals surface area contributed by atoms with Crippen molar-refractivity contribution in [1.29, 1.82) is 0 Å². The first-order valence-corrected chi connectivity index (χ1v) is 7.25. The first-order chi connectivity index (χ1) is 9.82. The zero-order chi connectivity index (χ0) is 15.6. The van der Waals surface area contributed by atoms with Gasteiger partial charge in [0.2, 0.25) is 0 Å². The number of aromatic nitrogens is 2. The average molecular weight is 362 g/mol.